The highest BCUT2D eigenvalue weighted by Gasteiger charge is 2.39. The van der Waals surface area contributed by atoms with Crippen LogP contribution in [0.5, 0.6) is 0 Å². The number of aliphatic carboxylic acids is 1. The molecule has 274 valence electrons. The van der Waals surface area contributed by atoms with Gasteiger partial charge in [-0.1, -0.05) is 82.6 Å². The van der Waals surface area contributed by atoms with Crippen molar-refractivity contribution in [1.29, 1.82) is 0 Å². The number of hydrogen-bond acceptors (Lipinski definition) is 7. The van der Waals surface area contributed by atoms with E-state index in [9.17, 15) is 19.5 Å². The van der Waals surface area contributed by atoms with Crippen molar-refractivity contribution in [3.05, 3.63) is 99.5 Å². The molecule has 2 fully saturated rings. The van der Waals surface area contributed by atoms with Crippen molar-refractivity contribution in [1.82, 2.24) is 20.2 Å². The molecule has 4 heterocycles. The van der Waals surface area contributed by atoms with Gasteiger partial charge < -0.3 is 20.2 Å². The Morgan fingerprint density at radius 1 is 0.923 bits per heavy atom. The summed E-state index contributed by atoms with van der Waals surface area (Å²) in [5.41, 5.74) is 5.54. The predicted molar refractivity (Wildman–Crippen MR) is 207 cm³/mol. The van der Waals surface area contributed by atoms with Gasteiger partial charge in [-0.05, 0) is 72.3 Å². The molecular formula is C42H51N5O4S. The maximum Gasteiger partial charge on any atom is 0.310 e. The third kappa shape index (κ3) is 9.07. The molecule has 0 bridgehead atoms. The zero-order chi connectivity index (χ0) is 36.8. The van der Waals surface area contributed by atoms with Crippen LogP contribution in [0.4, 0.5) is 5.69 Å². The second-order valence-corrected chi connectivity index (χ2v) is 16.4. The normalized spacial score (nSPS) is 17.3. The number of hydrogen-bond donors (Lipinski definition) is 2. The maximum absolute atomic E-state index is 13.5. The van der Waals surface area contributed by atoms with E-state index < -0.39 is 17.9 Å². The first-order valence-electron chi connectivity index (χ1n) is 18.7. The second-order valence-electron chi connectivity index (χ2n) is 15.3. The van der Waals surface area contributed by atoms with Crippen molar-refractivity contribution < 1.29 is 19.5 Å². The zero-order valence-corrected chi connectivity index (χ0v) is 31.6. The lowest BCUT2D eigenvalue weighted by Gasteiger charge is -2.38. The summed E-state index contributed by atoms with van der Waals surface area (Å²) >= 11 is 1.42. The van der Waals surface area contributed by atoms with Gasteiger partial charge in [0.1, 0.15) is 6.04 Å². The van der Waals surface area contributed by atoms with Crippen molar-refractivity contribution in [3.63, 3.8) is 0 Å². The number of nitrogens with one attached hydrogen (secondary N) is 1. The topological polar surface area (TPSA) is 116 Å². The van der Waals surface area contributed by atoms with Crippen LogP contribution in [0.25, 0.3) is 11.4 Å². The predicted octanol–water partition coefficient (Wildman–Crippen LogP) is 7.50. The summed E-state index contributed by atoms with van der Waals surface area (Å²) in [5, 5.41) is 12.3. The fourth-order valence-corrected chi connectivity index (χ4v) is 7.98. The third-order valence-electron chi connectivity index (χ3n) is 10.4. The molecule has 2 saturated heterocycles. The standard InChI is InChI=1S/C42H51N5O4S/c1-5-6-8-28-10-14-31(15-11-28)30-9-7-21-46(22-20-30)34-24-43-38(44-25-34)32-16-12-29(13-17-32)23-35(40(49)47-26-33(27-47)41(50)51)45-39(48)36-18-19-37(52-36)42(2,3)4/h10-19,24-25,30,33,35H,5-9,20-23,26-27H2,1-4H3,(H,45,48)(H,50,51). The van der Waals surface area contributed by atoms with Crippen LogP contribution < -0.4 is 10.2 Å². The first-order chi connectivity index (χ1) is 25.0. The lowest BCUT2D eigenvalue weighted by Crippen LogP contribution is -2.59. The number of carboxylic acids is 1. The van der Waals surface area contributed by atoms with Crippen molar-refractivity contribution >= 4 is 34.8 Å². The van der Waals surface area contributed by atoms with Gasteiger partial charge in [0.15, 0.2) is 5.82 Å². The van der Waals surface area contributed by atoms with E-state index in [2.05, 4.69) is 62.2 Å². The van der Waals surface area contributed by atoms with Crippen molar-refractivity contribution in [2.45, 2.75) is 90.0 Å². The number of anilines is 1. The number of nitrogens with zero attached hydrogens (tertiary/aromatic N) is 4. The van der Waals surface area contributed by atoms with E-state index in [0.29, 0.717) is 16.6 Å². The molecule has 10 heteroatoms. The zero-order valence-electron chi connectivity index (χ0n) is 30.8. The summed E-state index contributed by atoms with van der Waals surface area (Å²) in [6.07, 6.45) is 11.1. The van der Waals surface area contributed by atoms with Gasteiger partial charge in [0, 0.05) is 43.0 Å². The summed E-state index contributed by atoms with van der Waals surface area (Å²) < 4.78 is 0. The second kappa shape index (κ2) is 16.4. The van der Waals surface area contributed by atoms with E-state index in [1.165, 1.54) is 46.6 Å². The minimum absolute atomic E-state index is 0.0920. The Morgan fingerprint density at radius 2 is 1.62 bits per heavy atom. The molecule has 4 aromatic rings. The van der Waals surface area contributed by atoms with Crippen LogP contribution in [0.3, 0.4) is 0 Å². The molecule has 2 aliphatic rings. The van der Waals surface area contributed by atoms with Gasteiger partial charge >= 0.3 is 5.97 Å². The highest BCUT2D eigenvalue weighted by molar-refractivity contribution is 7.14. The molecule has 0 radical (unpaired) electrons. The third-order valence-corrected chi connectivity index (χ3v) is 11.9. The molecule has 2 atom stereocenters. The molecule has 2 aromatic heterocycles. The van der Waals surface area contributed by atoms with Crippen LogP contribution in [-0.2, 0) is 27.8 Å². The summed E-state index contributed by atoms with van der Waals surface area (Å²) in [6, 6.07) is 19.9. The summed E-state index contributed by atoms with van der Waals surface area (Å²) in [7, 11) is 0. The number of benzene rings is 2. The van der Waals surface area contributed by atoms with E-state index in [1.807, 2.05) is 42.7 Å². The number of amides is 2. The van der Waals surface area contributed by atoms with E-state index in [1.54, 1.807) is 6.07 Å². The SMILES string of the molecule is CCCCc1ccc(C2CCCN(c3cnc(-c4ccc(CC(NC(=O)c5ccc(C(C)(C)C)s5)C(=O)N5CC(C(=O)O)C5)cc4)nc3)CC2)cc1. The molecule has 52 heavy (non-hydrogen) atoms. The summed E-state index contributed by atoms with van der Waals surface area (Å²) in [4.78, 5) is 53.2. The number of carbonyl (C=O) groups is 3. The molecular weight excluding hydrogens is 671 g/mol. The molecule has 0 aliphatic carbocycles. The van der Waals surface area contributed by atoms with Gasteiger partial charge in [0.2, 0.25) is 5.91 Å². The number of likely N-dealkylation sites (tertiary alicyclic amines) is 1. The Morgan fingerprint density at radius 3 is 2.25 bits per heavy atom. The molecule has 2 aromatic carbocycles. The van der Waals surface area contributed by atoms with Gasteiger partial charge in [-0.15, -0.1) is 11.3 Å². The van der Waals surface area contributed by atoms with Crippen LogP contribution in [0.2, 0.25) is 0 Å². The molecule has 6 rings (SSSR count). The summed E-state index contributed by atoms with van der Waals surface area (Å²) in [5.74, 6) is -0.886. The quantitative estimate of drug-likeness (QED) is 0.156. The number of rotatable bonds is 12. The average Bonchev–Trinajstić information content (AvgIpc) is 3.51. The Kier molecular flexibility index (Phi) is 11.7. The summed E-state index contributed by atoms with van der Waals surface area (Å²) in [6.45, 7) is 10.8. The van der Waals surface area contributed by atoms with E-state index in [-0.39, 0.29) is 36.7 Å². The average molecular weight is 722 g/mol. The first-order valence-corrected chi connectivity index (χ1v) is 19.5. The van der Waals surface area contributed by atoms with E-state index in [0.717, 1.165) is 54.0 Å². The van der Waals surface area contributed by atoms with Gasteiger partial charge in [-0.2, -0.15) is 0 Å². The van der Waals surface area contributed by atoms with Crippen molar-refractivity contribution in [3.8, 4) is 11.4 Å². The highest BCUT2D eigenvalue weighted by atomic mass is 32.1. The number of thiophene rings is 1. The van der Waals surface area contributed by atoms with Crippen LogP contribution in [0.15, 0.2) is 73.1 Å². The number of carbonyl (C=O) groups excluding carboxylic acids is 2. The Hall–Kier alpha value is -4.57. The van der Waals surface area contributed by atoms with E-state index in [4.69, 9.17) is 9.97 Å². The number of carboxylic acid groups (broad SMARTS) is 1. The number of aromatic nitrogens is 2. The Labute approximate surface area is 311 Å². The smallest absolute Gasteiger partial charge is 0.310 e. The van der Waals surface area contributed by atoms with Crippen LogP contribution in [0.1, 0.15) is 97.0 Å². The largest absolute Gasteiger partial charge is 0.481 e. The van der Waals surface area contributed by atoms with Crippen molar-refractivity contribution in [2.75, 3.05) is 31.1 Å². The number of aryl methyl sites for hydroxylation is 1. The van der Waals surface area contributed by atoms with Crippen molar-refractivity contribution in [2.24, 2.45) is 5.92 Å². The fraction of sp³-hybridized carbons (Fsp3) is 0.452. The van der Waals surface area contributed by atoms with Gasteiger partial charge in [0.05, 0.1) is 28.9 Å². The lowest BCUT2D eigenvalue weighted by molar-refractivity contribution is -0.153. The van der Waals surface area contributed by atoms with Crippen LogP contribution in [0, 0.1) is 5.92 Å². The molecule has 2 aliphatic heterocycles. The first kappa shape index (κ1) is 37.2. The van der Waals surface area contributed by atoms with Gasteiger partial charge in [0.25, 0.3) is 5.91 Å². The Bertz CT molecular complexity index is 1830. The highest BCUT2D eigenvalue weighted by Crippen LogP contribution is 2.32. The van der Waals surface area contributed by atoms with Gasteiger partial charge in [-0.3, -0.25) is 14.4 Å². The van der Waals surface area contributed by atoms with Crippen LogP contribution >= 0.6 is 11.3 Å². The minimum atomic E-state index is -0.914. The molecule has 0 spiro atoms. The molecule has 2 N–H and O–H groups in total. The monoisotopic (exact) mass is 721 g/mol. The molecule has 2 unspecified atom stereocenters. The fourth-order valence-electron chi connectivity index (χ4n) is 7.01. The molecule has 9 nitrogen and oxygen atoms in total. The Balaban J connectivity index is 1.08. The molecule has 2 amide bonds. The molecule has 0 saturated carbocycles. The number of unbranched alkanes of at least 4 members (excludes halogenated alkanes) is 1. The maximum atomic E-state index is 13.5. The van der Waals surface area contributed by atoms with E-state index >= 15 is 0 Å². The van der Waals surface area contributed by atoms with Gasteiger partial charge in [-0.25, -0.2) is 9.97 Å². The minimum Gasteiger partial charge on any atom is -0.481 e. The van der Waals surface area contributed by atoms with Crippen LogP contribution in [-0.4, -0.2) is 70.0 Å². The lowest BCUT2D eigenvalue weighted by atomic mass is 9.91.